The zero-order valence-corrected chi connectivity index (χ0v) is 16.9. The molecule has 1 aromatic heterocycles. The SMILES string of the molecule is COCCSc1nc2c(c(=O)n1CCCC#N)C(C)(C)Cc1ccccc1-2. The van der Waals surface area contributed by atoms with Crippen LogP contribution in [0.3, 0.4) is 0 Å². The van der Waals surface area contributed by atoms with Gasteiger partial charge in [0, 0.05) is 42.4 Å². The number of unbranched alkanes of at least 4 members (excludes halogenated alkanes) is 1. The standard InChI is InChI=1S/C21H25N3O2S/c1-21(2)14-15-8-4-5-9-16(15)18-17(21)19(25)24(11-7-6-10-22)20(23-18)27-13-12-26-3/h4-5,8-9H,6-7,11-14H2,1-3H3. The number of rotatable bonds is 7. The van der Waals surface area contributed by atoms with E-state index >= 15 is 0 Å². The van der Waals surface area contributed by atoms with Crippen molar-refractivity contribution >= 4 is 11.8 Å². The first kappa shape index (κ1) is 19.7. The molecule has 0 bridgehead atoms. The summed E-state index contributed by atoms with van der Waals surface area (Å²) in [6.45, 7) is 5.34. The van der Waals surface area contributed by atoms with Crippen molar-refractivity contribution in [2.24, 2.45) is 0 Å². The van der Waals surface area contributed by atoms with Crippen molar-refractivity contribution in [3.8, 4) is 17.3 Å². The third-order valence-corrected chi connectivity index (χ3v) is 5.85. The lowest BCUT2D eigenvalue weighted by molar-refractivity contribution is 0.218. The molecular formula is C21H25N3O2S. The van der Waals surface area contributed by atoms with Gasteiger partial charge in [-0.25, -0.2) is 4.98 Å². The first-order valence-electron chi connectivity index (χ1n) is 9.22. The van der Waals surface area contributed by atoms with Gasteiger partial charge in [-0.15, -0.1) is 0 Å². The number of nitrogens with zero attached hydrogens (tertiary/aromatic N) is 3. The smallest absolute Gasteiger partial charge is 0.258 e. The second kappa shape index (κ2) is 8.28. The summed E-state index contributed by atoms with van der Waals surface area (Å²) in [5.74, 6) is 0.727. The molecule has 1 heterocycles. The van der Waals surface area contributed by atoms with Gasteiger partial charge >= 0.3 is 0 Å². The van der Waals surface area contributed by atoms with Crippen molar-refractivity contribution in [2.75, 3.05) is 19.5 Å². The number of thioether (sulfide) groups is 1. The van der Waals surface area contributed by atoms with Crippen LogP contribution in [-0.2, 0) is 23.1 Å². The normalized spacial score (nSPS) is 14.3. The first-order valence-corrected chi connectivity index (χ1v) is 10.2. The molecule has 0 atom stereocenters. The van der Waals surface area contributed by atoms with Crippen LogP contribution in [0.5, 0.6) is 0 Å². The number of fused-ring (bicyclic) bond motifs is 3. The summed E-state index contributed by atoms with van der Waals surface area (Å²) in [6, 6.07) is 10.4. The summed E-state index contributed by atoms with van der Waals surface area (Å²) >= 11 is 1.54. The maximum atomic E-state index is 13.5. The van der Waals surface area contributed by atoms with E-state index in [1.54, 1.807) is 11.7 Å². The maximum Gasteiger partial charge on any atom is 0.258 e. The Morgan fingerprint density at radius 2 is 2.15 bits per heavy atom. The Balaban J connectivity index is 2.16. The molecule has 0 aliphatic heterocycles. The van der Waals surface area contributed by atoms with Gasteiger partial charge in [-0.2, -0.15) is 5.26 Å². The molecule has 0 unspecified atom stereocenters. The lowest BCUT2D eigenvalue weighted by Gasteiger charge is -2.33. The van der Waals surface area contributed by atoms with E-state index in [1.165, 1.54) is 17.3 Å². The van der Waals surface area contributed by atoms with Crippen molar-refractivity contribution in [3.05, 3.63) is 45.7 Å². The minimum Gasteiger partial charge on any atom is -0.384 e. The van der Waals surface area contributed by atoms with Crippen molar-refractivity contribution < 1.29 is 4.74 Å². The molecule has 6 heteroatoms. The van der Waals surface area contributed by atoms with Crippen LogP contribution in [0.15, 0.2) is 34.2 Å². The maximum absolute atomic E-state index is 13.5. The van der Waals surface area contributed by atoms with Crippen molar-refractivity contribution in [2.45, 2.75) is 50.2 Å². The second-order valence-electron chi connectivity index (χ2n) is 7.40. The monoisotopic (exact) mass is 383 g/mol. The number of ether oxygens (including phenoxy) is 1. The number of benzene rings is 1. The average molecular weight is 384 g/mol. The third-order valence-electron chi connectivity index (χ3n) is 4.90. The Morgan fingerprint density at radius 1 is 1.37 bits per heavy atom. The number of hydrogen-bond donors (Lipinski definition) is 0. The molecule has 0 saturated heterocycles. The Bertz CT molecular complexity index is 928. The Kier molecular flexibility index (Phi) is 6.03. The topological polar surface area (TPSA) is 67.9 Å². The molecule has 3 rings (SSSR count). The lowest BCUT2D eigenvalue weighted by atomic mass is 9.72. The van der Waals surface area contributed by atoms with E-state index in [0.717, 1.165) is 29.0 Å². The van der Waals surface area contributed by atoms with Crippen LogP contribution < -0.4 is 5.56 Å². The van der Waals surface area contributed by atoms with E-state index in [4.69, 9.17) is 15.0 Å². The van der Waals surface area contributed by atoms with E-state index in [9.17, 15) is 4.79 Å². The fourth-order valence-electron chi connectivity index (χ4n) is 3.65. The highest BCUT2D eigenvalue weighted by Crippen LogP contribution is 2.40. The van der Waals surface area contributed by atoms with Crippen molar-refractivity contribution in [1.29, 1.82) is 5.26 Å². The zero-order chi connectivity index (χ0) is 19.4. The molecule has 0 radical (unpaired) electrons. The summed E-state index contributed by atoms with van der Waals surface area (Å²) in [7, 11) is 1.67. The highest BCUT2D eigenvalue weighted by Gasteiger charge is 2.36. The second-order valence-corrected chi connectivity index (χ2v) is 8.46. The molecule has 2 aromatic rings. The van der Waals surface area contributed by atoms with Crippen LogP contribution in [0, 0.1) is 11.3 Å². The quantitative estimate of drug-likeness (QED) is 0.413. The highest BCUT2D eigenvalue weighted by molar-refractivity contribution is 7.99. The fourth-order valence-corrected chi connectivity index (χ4v) is 4.57. The molecule has 142 valence electrons. The molecule has 1 aliphatic carbocycles. The summed E-state index contributed by atoms with van der Waals surface area (Å²) in [5, 5.41) is 9.58. The van der Waals surface area contributed by atoms with Gasteiger partial charge in [0.25, 0.3) is 5.56 Å². The summed E-state index contributed by atoms with van der Waals surface area (Å²) in [6.07, 6.45) is 1.89. The van der Waals surface area contributed by atoms with Crippen molar-refractivity contribution in [3.63, 3.8) is 0 Å². The molecule has 0 fully saturated rings. The van der Waals surface area contributed by atoms with E-state index in [1.807, 2.05) is 12.1 Å². The van der Waals surface area contributed by atoms with Crippen LogP contribution in [0.1, 0.15) is 37.8 Å². The third kappa shape index (κ3) is 3.95. The Hall–Kier alpha value is -2.10. The predicted octanol–water partition coefficient (Wildman–Crippen LogP) is 3.79. The molecule has 1 aromatic carbocycles. The van der Waals surface area contributed by atoms with Gasteiger partial charge in [0.05, 0.1) is 18.4 Å². The minimum atomic E-state index is -0.277. The van der Waals surface area contributed by atoms with Crippen LogP contribution in [0.25, 0.3) is 11.3 Å². The number of hydrogen-bond acceptors (Lipinski definition) is 5. The number of aromatic nitrogens is 2. The molecule has 0 N–H and O–H groups in total. The van der Waals surface area contributed by atoms with E-state index in [-0.39, 0.29) is 11.0 Å². The molecule has 0 spiro atoms. The van der Waals surface area contributed by atoms with E-state index in [0.29, 0.717) is 31.1 Å². The molecule has 0 saturated carbocycles. The van der Waals surface area contributed by atoms with E-state index in [2.05, 4.69) is 32.0 Å². The fraction of sp³-hybridized carbons (Fsp3) is 0.476. The van der Waals surface area contributed by atoms with Gasteiger partial charge in [0.1, 0.15) is 0 Å². The van der Waals surface area contributed by atoms with Gasteiger partial charge in [0.2, 0.25) is 0 Å². The summed E-state index contributed by atoms with van der Waals surface area (Å²) in [5.41, 5.74) is 3.63. The van der Waals surface area contributed by atoms with Gasteiger partial charge < -0.3 is 4.74 Å². The van der Waals surface area contributed by atoms with Gasteiger partial charge in [-0.3, -0.25) is 9.36 Å². The zero-order valence-electron chi connectivity index (χ0n) is 16.1. The first-order chi connectivity index (χ1) is 13.0. The predicted molar refractivity (Wildman–Crippen MR) is 108 cm³/mol. The molecule has 5 nitrogen and oxygen atoms in total. The van der Waals surface area contributed by atoms with Crippen LogP contribution in [-0.4, -0.2) is 29.0 Å². The van der Waals surface area contributed by atoms with Crippen LogP contribution in [0.2, 0.25) is 0 Å². The molecule has 0 amide bonds. The van der Waals surface area contributed by atoms with Crippen molar-refractivity contribution in [1.82, 2.24) is 9.55 Å². The van der Waals surface area contributed by atoms with Gasteiger partial charge in [0.15, 0.2) is 5.16 Å². The average Bonchev–Trinajstić information content (AvgIpc) is 2.63. The largest absolute Gasteiger partial charge is 0.384 e. The number of nitriles is 1. The van der Waals surface area contributed by atoms with Gasteiger partial charge in [-0.1, -0.05) is 49.9 Å². The Labute approximate surface area is 164 Å². The van der Waals surface area contributed by atoms with Crippen LogP contribution in [0.4, 0.5) is 0 Å². The summed E-state index contributed by atoms with van der Waals surface area (Å²) < 4.78 is 6.91. The molecular weight excluding hydrogens is 358 g/mol. The van der Waals surface area contributed by atoms with Crippen LogP contribution >= 0.6 is 11.8 Å². The minimum absolute atomic E-state index is 0.0253. The Morgan fingerprint density at radius 3 is 2.89 bits per heavy atom. The molecule has 27 heavy (non-hydrogen) atoms. The number of methoxy groups -OCH3 is 1. The highest BCUT2D eigenvalue weighted by atomic mass is 32.2. The molecule has 1 aliphatic rings. The lowest BCUT2D eigenvalue weighted by Crippen LogP contribution is -2.38. The van der Waals surface area contributed by atoms with Gasteiger partial charge in [-0.05, 0) is 18.4 Å². The van der Waals surface area contributed by atoms with E-state index < -0.39 is 0 Å². The summed E-state index contributed by atoms with van der Waals surface area (Å²) in [4.78, 5) is 18.4.